The molecule has 34 heavy (non-hydrogen) atoms. The van der Waals surface area contributed by atoms with Crippen molar-refractivity contribution in [2.24, 2.45) is 5.16 Å². The van der Waals surface area contributed by atoms with Gasteiger partial charge in [-0.2, -0.15) is 0 Å². The quantitative estimate of drug-likeness (QED) is 0.360. The number of nitrogens with one attached hydrogen (secondary N) is 1. The third-order valence-electron chi connectivity index (χ3n) is 5.14. The third-order valence-corrected chi connectivity index (χ3v) is 7.12. The number of oxime groups is 1. The number of hydrogen-bond acceptors (Lipinski definition) is 6. The van der Waals surface area contributed by atoms with E-state index in [2.05, 4.69) is 10.5 Å². The van der Waals surface area contributed by atoms with Gasteiger partial charge in [-0.1, -0.05) is 47.2 Å². The number of fused-ring (bicyclic) bond motifs is 2. The molecular formula is C25H16F2N2O3S2. The van der Waals surface area contributed by atoms with Crippen molar-refractivity contribution in [3.63, 3.8) is 0 Å². The Balaban J connectivity index is 1.43. The van der Waals surface area contributed by atoms with Crippen LogP contribution in [0.4, 0.5) is 13.6 Å². The van der Waals surface area contributed by atoms with E-state index >= 15 is 0 Å². The molecule has 1 saturated heterocycles. The van der Waals surface area contributed by atoms with Gasteiger partial charge in [-0.3, -0.25) is 14.9 Å². The molecule has 0 bridgehead atoms. The predicted octanol–water partition coefficient (Wildman–Crippen LogP) is 5.92. The standard InChI is InChI=1S/C25H16F2N2O3S2/c26-17-7-15(8-18(27)12-17)13-32-29-20-11-16-6-5-14(10-23-24(30)28-25(31)34-23)9-22(16)33-21-4-2-1-3-19(20)21/h1-10,12H,11,13H2,(H,28,30,31)/b23-10-,29-20-. The summed E-state index contributed by atoms with van der Waals surface area (Å²) in [7, 11) is 0. The van der Waals surface area contributed by atoms with Gasteiger partial charge >= 0.3 is 0 Å². The number of amides is 2. The highest BCUT2D eigenvalue weighted by Gasteiger charge is 2.25. The van der Waals surface area contributed by atoms with Crippen LogP contribution in [0.15, 0.2) is 80.5 Å². The number of halogens is 2. The average molecular weight is 495 g/mol. The SMILES string of the molecule is O=C1NC(=O)/C(=C/c2ccc3c(c2)Sc2ccccc2/C(=N\OCc2cc(F)cc(F)c2)C3)S1. The first kappa shape index (κ1) is 22.4. The van der Waals surface area contributed by atoms with E-state index in [1.54, 1.807) is 17.8 Å². The van der Waals surface area contributed by atoms with Gasteiger partial charge in [0.25, 0.3) is 11.1 Å². The topological polar surface area (TPSA) is 67.8 Å². The Morgan fingerprint density at radius 3 is 2.53 bits per heavy atom. The van der Waals surface area contributed by atoms with Crippen molar-refractivity contribution < 1.29 is 23.2 Å². The van der Waals surface area contributed by atoms with Gasteiger partial charge in [0.1, 0.15) is 18.2 Å². The molecule has 5 rings (SSSR count). The van der Waals surface area contributed by atoms with Crippen molar-refractivity contribution in [2.45, 2.75) is 22.8 Å². The number of benzene rings is 3. The Morgan fingerprint density at radius 1 is 0.971 bits per heavy atom. The van der Waals surface area contributed by atoms with Crippen LogP contribution >= 0.6 is 23.5 Å². The molecule has 1 N–H and O–H groups in total. The molecule has 2 heterocycles. The van der Waals surface area contributed by atoms with Crippen molar-refractivity contribution in [1.29, 1.82) is 0 Å². The summed E-state index contributed by atoms with van der Waals surface area (Å²) in [5, 5.41) is 6.19. The minimum atomic E-state index is -0.667. The van der Waals surface area contributed by atoms with Crippen LogP contribution in [0.5, 0.6) is 0 Å². The van der Waals surface area contributed by atoms with Gasteiger partial charge in [0, 0.05) is 27.8 Å². The third kappa shape index (κ3) is 4.90. The van der Waals surface area contributed by atoms with Gasteiger partial charge in [0.05, 0.1) is 10.6 Å². The number of hydrogen-bond donors (Lipinski definition) is 1. The Bertz CT molecular complexity index is 1370. The van der Waals surface area contributed by atoms with Gasteiger partial charge in [-0.25, -0.2) is 8.78 Å². The van der Waals surface area contributed by atoms with Crippen LogP contribution in [0, 0.1) is 11.6 Å². The highest BCUT2D eigenvalue weighted by atomic mass is 32.2. The average Bonchev–Trinajstić information content (AvgIpc) is 3.01. The summed E-state index contributed by atoms with van der Waals surface area (Å²) < 4.78 is 26.9. The molecule has 9 heteroatoms. The second-order valence-electron chi connectivity index (χ2n) is 7.58. The van der Waals surface area contributed by atoms with E-state index in [1.807, 2.05) is 42.5 Å². The summed E-state index contributed by atoms with van der Waals surface area (Å²) in [4.78, 5) is 31.1. The van der Waals surface area contributed by atoms with Crippen LogP contribution in [-0.2, 0) is 22.7 Å². The monoisotopic (exact) mass is 494 g/mol. The van der Waals surface area contributed by atoms with Crippen LogP contribution in [0.1, 0.15) is 22.3 Å². The molecule has 2 aliphatic heterocycles. The summed E-state index contributed by atoms with van der Waals surface area (Å²) in [6.45, 7) is -0.0642. The Labute approximate surface area is 202 Å². The summed E-state index contributed by atoms with van der Waals surface area (Å²) in [6.07, 6.45) is 2.18. The molecule has 0 spiro atoms. The Kier molecular flexibility index (Phi) is 6.21. The summed E-state index contributed by atoms with van der Waals surface area (Å²) >= 11 is 2.46. The van der Waals surface area contributed by atoms with Crippen molar-refractivity contribution in [3.8, 4) is 0 Å². The minimum Gasteiger partial charge on any atom is -0.391 e. The molecule has 0 aromatic heterocycles. The lowest BCUT2D eigenvalue weighted by Crippen LogP contribution is -2.17. The van der Waals surface area contributed by atoms with Crippen LogP contribution in [0.3, 0.4) is 0 Å². The zero-order valence-electron chi connectivity index (χ0n) is 17.5. The van der Waals surface area contributed by atoms with Crippen molar-refractivity contribution in [1.82, 2.24) is 5.32 Å². The maximum Gasteiger partial charge on any atom is 0.290 e. The molecule has 2 amide bonds. The van der Waals surface area contributed by atoms with E-state index in [-0.39, 0.29) is 11.8 Å². The number of thioether (sulfide) groups is 1. The lowest BCUT2D eigenvalue weighted by Gasteiger charge is -2.08. The molecular weight excluding hydrogens is 478 g/mol. The number of imide groups is 1. The maximum absolute atomic E-state index is 13.4. The molecule has 0 aliphatic carbocycles. The van der Waals surface area contributed by atoms with E-state index in [0.29, 0.717) is 22.6 Å². The Hall–Kier alpha value is -3.43. The second-order valence-corrected chi connectivity index (χ2v) is 9.68. The van der Waals surface area contributed by atoms with Crippen molar-refractivity contribution >= 4 is 46.5 Å². The summed E-state index contributed by atoms with van der Waals surface area (Å²) in [5.41, 5.74) is 3.78. The molecule has 170 valence electrons. The van der Waals surface area contributed by atoms with Gasteiger partial charge in [-0.05, 0) is 58.8 Å². The maximum atomic E-state index is 13.4. The molecule has 3 aromatic rings. The van der Waals surface area contributed by atoms with Crippen LogP contribution in [0.25, 0.3) is 6.08 Å². The normalized spacial score (nSPS) is 17.4. The molecule has 3 aromatic carbocycles. The number of rotatable bonds is 4. The zero-order valence-corrected chi connectivity index (χ0v) is 19.1. The van der Waals surface area contributed by atoms with Gasteiger partial charge in [-0.15, -0.1) is 0 Å². The minimum absolute atomic E-state index is 0.0642. The summed E-state index contributed by atoms with van der Waals surface area (Å²) in [5.74, 6) is -1.73. The molecule has 5 nitrogen and oxygen atoms in total. The zero-order chi connectivity index (χ0) is 23.7. The van der Waals surface area contributed by atoms with E-state index < -0.39 is 17.5 Å². The first-order chi connectivity index (χ1) is 16.4. The smallest absolute Gasteiger partial charge is 0.290 e. The predicted molar refractivity (Wildman–Crippen MR) is 128 cm³/mol. The molecule has 0 saturated carbocycles. The number of nitrogens with zero attached hydrogens (tertiary/aromatic N) is 1. The van der Waals surface area contributed by atoms with Crippen molar-refractivity contribution in [2.75, 3.05) is 0 Å². The number of carbonyl (C=O) groups is 2. The molecule has 0 unspecified atom stereocenters. The van der Waals surface area contributed by atoms with Crippen molar-refractivity contribution in [3.05, 3.63) is 99.5 Å². The first-order valence-electron chi connectivity index (χ1n) is 10.2. The van der Waals surface area contributed by atoms with E-state index in [0.717, 1.165) is 44.3 Å². The molecule has 2 aliphatic rings. The molecule has 1 fully saturated rings. The van der Waals surface area contributed by atoms with E-state index in [1.165, 1.54) is 12.1 Å². The Morgan fingerprint density at radius 2 is 1.76 bits per heavy atom. The van der Waals surface area contributed by atoms with E-state index in [4.69, 9.17) is 4.84 Å². The lowest BCUT2D eigenvalue weighted by atomic mass is 10.0. The highest BCUT2D eigenvalue weighted by Crippen LogP contribution is 2.38. The highest BCUT2D eigenvalue weighted by molar-refractivity contribution is 8.18. The second kappa shape index (κ2) is 9.44. The molecule has 0 radical (unpaired) electrons. The van der Waals surface area contributed by atoms with Crippen LogP contribution in [-0.4, -0.2) is 16.9 Å². The fourth-order valence-electron chi connectivity index (χ4n) is 3.62. The fourth-order valence-corrected chi connectivity index (χ4v) is 5.45. The summed E-state index contributed by atoms with van der Waals surface area (Å²) in [6, 6.07) is 16.8. The van der Waals surface area contributed by atoms with Crippen LogP contribution < -0.4 is 5.32 Å². The van der Waals surface area contributed by atoms with E-state index in [9.17, 15) is 18.4 Å². The van der Waals surface area contributed by atoms with Crippen LogP contribution in [0.2, 0.25) is 0 Å². The van der Waals surface area contributed by atoms with Gasteiger partial charge in [0.2, 0.25) is 0 Å². The fraction of sp³-hybridized carbons (Fsp3) is 0.0800. The largest absolute Gasteiger partial charge is 0.391 e. The van der Waals surface area contributed by atoms with Gasteiger partial charge in [0.15, 0.2) is 0 Å². The number of carbonyl (C=O) groups excluding carboxylic acids is 2. The molecule has 0 atom stereocenters. The lowest BCUT2D eigenvalue weighted by molar-refractivity contribution is -0.115. The van der Waals surface area contributed by atoms with Gasteiger partial charge < -0.3 is 4.84 Å². The first-order valence-corrected chi connectivity index (χ1v) is 11.9.